The number of aromatic nitrogens is 7. The topological polar surface area (TPSA) is 137 Å². The van der Waals surface area contributed by atoms with Crippen molar-refractivity contribution in [3.8, 4) is 22.9 Å². The minimum atomic E-state index is -0.297. The number of H-pyrrole nitrogens is 1. The molecule has 11 rings (SSSR count). The Labute approximate surface area is 335 Å². The molecule has 2 bridgehead atoms. The van der Waals surface area contributed by atoms with E-state index in [0.717, 1.165) is 121 Å². The number of halogens is 1. The third-order valence-electron chi connectivity index (χ3n) is 12.8. The molecule has 5 aliphatic rings. The van der Waals surface area contributed by atoms with E-state index >= 15 is 4.39 Å². The van der Waals surface area contributed by atoms with E-state index in [1.165, 1.54) is 6.07 Å². The number of hydrogen-bond donors (Lipinski definition) is 2. The highest BCUT2D eigenvalue weighted by molar-refractivity contribution is 6.06. The van der Waals surface area contributed by atoms with Gasteiger partial charge in [0.25, 0.3) is 0 Å². The molecule has 0 spiro atoms. The summed E-state index contributed by atoms with van der Waals surface area (Å²) < 4.78 is 42.8. The molecule has 1 saturated carbocycles. The summed E-state index contributed by atoms with van der Waals surface area (Å²) in [6, 6.07) is 13.7. The van der Waals surface area contributed by atoms with Gasteiger partial charge in [0.05, 0.1) is 31.0 Å². The fourth-order valence-electron chi connectivity index (χ4n) is 9.46. The number of nitrogens with zero attached hydrogens (tertiary/aromatic N) is 7. The van der Waals surface area contributed by atoms with Crippen LogP contribution < -0.4 is 19.7 Å². The van der Waals surface area contributed by atoms with E-state index in [-0.39, 0.29) is 18.5 Å². The number of piperazine rings is 1. The normalized spacial score (nSPS) is 21.4. The van der Waals surface area contributed by atoms with Crippen LogP contribution in [0.5, 0.6) is 11.8 Å². The highest BCUT2D eigenvalue weighted by atomic mass is 19.1. The van der Waals surface area contributed by atoms with Gasteiger partial charge in [-0.15, -0.1) is 0 Å². The Morgan fingerprint density at radius 3 is 2.45 bits per heavy atom. The number of anilines is 1. The maximum Gasteiger partial charge on any atom is 0.319 e. The summed E-state index contributed by atoms with van der Waals surface area (Å²) in [4.78, 5) is 17.5. The van der Waals surface area contributed by atoms with Crippen LogP contribution >= 0.6 is 0 Å². The lowest BCUT2D eigenvalue weighted by Gasteiger charge is -2.31. The van der Waals surface area contributed by atoms with Crippen LogP contribution in [0.1, 0.15) is 85.0 Å². The molecule has 0 radical (unpaired) electrons. The van der Waals surface area contributed by atoms with Gasteiger partial charge >= 0.3 is 6.01 Å². The van der Waals surface area contributed by atoms with E-state index in [2.05, 4.69) is 55.7 Å². The number of benzene rings is 3. The maximum absolute atomic E-state index is 15.9. The Hall–Kier alpha value is -5.18. The Balaban J connectivity index is 1.01. The standard InChI is InChI=1S/C44H48FN9O4/c1-25-36(45)19-37-35(21-48-51-37)39(25)40-33(28-6-7-28)18-34-41(49-44(58-32-10-14-56-15-11-32)50-43(34)53-22-29-17-31(53)20-46-29)42(40)57-23-27-4-2-26(3-5-27)16-38-47-24-54(52-38)30-8-12-55-13-9-30/h2-5,18-19,21,24,28-32,46H,6-17,20,22-23H2,1H3,(H,48,51)/t29-,31-/m0/s1. The molecule has 3 aromatic heterocycles. The highest BCUT2D eigenvalue weighted by Gasteiger charge is 2.41. The zero-order chi connectivity index (χ0) is 38.7. The summed E-state index contributed by atoms with van der Waals surface area (Å²) in [5.74, 6) is 2.30. The van der Waals surface area contributed by atoms with Crippen LogP contribution in [-0.2, 0) is 22.5 Å². The molecule has 58 heavy (non-hydrogen) atoms. The molecule has 3 aromatic carbocycles. The minimum absolute atomic E-state index is 0.0503. The van der Waals surface area contributed by atoms with E-state index in [0.29, 0.717) is 72.0 Å². The number of rotatable bonds is 11. The van der Waals surface area contributed by atoms with Crippen LogP contribution in [0.3, 0.4) is 0 Å². The van der Waals surface area contributed by atoms with Crippen molar-refractivity contribution < 1.29 is 23.3 Å². The van der Waals surface area contributed by atoms with Gasteiger partial charge in [0.15, 0.2) is 11.6 Å². The van der Waals surface area contributed by atoms with E-state index in [9.17, 15) is 0 Å². The minimum Gasteiger partial charge on any atom is -0.486 e. The van der Waals surface area contributed by atoms with Crippen LogP contribution in [-0.4, -0.2) is 92.6 Å². The summed E-state index contributed by atoms with van der Waals surface area (Å²) >= 11 is 0. The second-order valence-corrected chi connectivity index (χ2v) is 16.7. The van der Waals surface area contributed by atoms with Crippen molar-refractivity contribution in [3.05, 3.63) is 82.8 Å². The van der Waals surface area contributed by atoms with E-state index in [1.54, 1.807) is 6.20 Å². The predicted molar refractivity (Wildman–Crippen MR) is 216 cm³/mol. The molecule has 6 aromatic rings. The molecule has 5 fully saturated rings. The van der Waals surface area contributed by atoms with E-state index in [1.807, 2.05) is 17.9 Å². The van der Waals surface area contributed by atoms with Crippen molar-refractivity contribution in [2.45, 2.75) is 95.0 Å². The Morgan fingerprint density at radius 1 is 0.897 bits per heavy atom. The number of aromatic amines is 1. The van der Waals surface area contributed by atoms with Gasteiger partial charge in [-0.3, -0.25) is 5.10 Å². The van der Waals surface area contributed by atoms with Crippen molar-refractivity contribution >= 4 is 27.6 Å². The van der Waals surface area contributed by atoms with Gasteiger partial charge < -0.3 is 29.2 Å². The van der Waals surface area contributed by atoms with Crippen LogP contribution in [0.25, 0.3) is 32.9 Å². The van der Waals surface area contributed by atoms with Gasteiger partial charge in [-0.2, -0.15) is 20.2 Å². The van der Waals surface area contributed by atoms with Gasteiger partial charge in [0.1, 0.15) is 36.2 Å². The van der Waals surface area contributed by atoms with Crippen LogP contribution in [0.4, 0.5) is 10.2 Å². The average Bonchev–Trinajstić information content (AvgIpc) is 3.58. The van der Waals surface area contributed by atoms with Crippen LogP contribution in [0, 0.1) is 12.7 Å². The SMILES string of the molecule is Cc1c(F)cc2[nH]ncc2c1-c1c(C2CC2)cc2c(N3C[C@@H]4C[C@H]3CN4)nc(OC3CCOCC3)nc2c1OCc1ccc(Cc2ncn(C3CCOCC3)n2)cc1. The Bertz CT molecular complexity index is 2470. The van der Waals surface area contributed by atoms with Gasteiger partial charge in [0, 0.05) is 79.5 Å². The second kappa shape index (κ2) is 14.9. The molecule has 300 valence electrons. The molecule has 2 N–H and O–H groups in total. The molecule has 0 amide bonds. The van der Waals surface area contributed by atoms with Crippen LogP contribution in [0.15, 0.2) is 48.9 Å². The lowest BCUT2D eigenvalue weighted by atomic mass is 9.88. The molecule has 4 saturated heterocycles. The van der Waals surface area contributed by atoms with Gasteiger partial charge in [-0.1, -0.05) is 24.3 Å². The summed E-state index contributed by atoms with van der Waals surface area (Å²) in [6.45, 7) is 6.71. The molecule has 0 unspecified atom stereocenters. The first-order valence-electron chi connectivity index (χ1n) is 21.0. The highest BCUT2D eigenvalue weighted by Crippen LogP contribution is 2.53. The lowest BCUT2D eigenvalue weighted by molar-refractivity contribution is 0.0219. The van der Waals surface area contributed by atoms with E-state index in [4.69, 9.17) is 34.0 Å². The van der Waals surface area contributed by atoms with Crippen molar-refractivity contribution in [2.75, 3.05) is 44.4 Å². The summed E-state index contributed by atoms with van der Waals surface area (Å²) in [5.41, 5.74) is 6.76. The molecule has 13 nitrogen and oxygen atoms in total. The predicted octanol–water partition coefficient (Wildman–Crippen LogP) is 6.72. The number of nitrogens with one attached hydrogen (secondary N) is 2. The maximum atomic E-state index is 15.9. The first-order valence-corrected chi connectivity index (χ1v) is 21.0. The number of ether oxygens (including phenoxy) is 4. The third kappa shape index (κ3) is 6.74. The largest absolute Gasteiger partial charge is 0.486 e. The van der Waals surface area contributed by atoms with Gasteiger partial charge in [-0.25, -0.2) is 14.1 Å². The molecule has 2 atom stereocenters. The Kier molecular flexibility index (Phi) is 9.22. The average molecular weight is 786 g/mol. The number of hydrogen-bond acceptors (Lipinski definition) is 11. The third-order valence-corrected chi connectivity index (χ3v) is 12.8. The van der Waals surface area contributed by atoms with Crippen molar-refractivity contribution in [2.24, 2.45) is 0 Å². The number of fused-ring (bicyclic) bond motifs is 4. The van der Waals surface area contributed by atoms with Gasteiger partial charge in [-0.05, 0) is 79.3 Å². The van der Waals surface area contributed by atoms with Crippen molar-refractivity contribution in [3.63, 3.8) is 0 Å². The zero-order valence-electron chi connectivity index (χ0n) is 32.8. The van der Waals surface area contributed by atoms with Crippen molar-refractivity contribution in [1.82, 2.24) is 40.2 Å². The monoisotopic (exact) mass is 785 g/mol. The molecule has 1 aliphatic carbocycles. The lowest BCUT2D eigenvalue weighted by Crippen LogP contribution is -2.44. The van der Waals surface area contributed by atoms with Crippen molar-refractivity contribution in [1.29, 1.82) is 0 Å². The fourth-order valence-corrected chi connectivity index (χ4v) is 9.46. The first kappa shape index (κ1) is 35.9. The van der Waals surface area contributed by atoms with Crippen LogP contribution in [0.2, 0.25) is 0 Å². The van der Waals surface area contributed by atoms with E-state index < -0.39 is 0 Å². The summed E-state index contributed by atoms with van der Waals surface area (Å²) in [7, 11) is 0. The molecule has 14 heteroatoms. The molecule has 7 heterocycles. The first-order chi connectivity index (χ1) is 28.5. The zero-order valence-corrected chi connectivity index (χ0v) is 32.8. The Morgan fingerprint density at radius 2 is 1.69 bits per heavy atom. The fraction of sp³-hybridized carbons (Fsp3) is 0.477. The summed E-state index contributed by atoms with van der Waals surface area (Å²) in [5, 5.41) is 17.6. The second-order valence-electron chi connectivity index (χ2n) is 16.7. The molecule has 4 aliphatic heterocycles. The van der Waals surface area contributed by atoms with Gasteiger partial charge in [0.2, 0.25) is 0 Å². The smallest absolute Gasteiger partial charge is 0.319 e. The molecular weight excluding hydrogens is 738 g/mol. The quantitative estimate of drug-likeness (QED) is 0.145. The summed E-state index contributed by atoms with van der Waals surface area (Å²) in [6.07, 6.45) is 10.9. The molecular formula is C44H48FN9O4.